The Kier molecular flexibility index (Phi) is 4.13. The van der Waals surface area contributed by atoms with E-state index in [1.54, 1.807) is 0 Å². The molecule has 0 aliphatic carbocycles. The van der Waals surface area contributed by atoms with Crippen LogP contribution in [0.2, 0.25) is 0 Å². The molecule has 1 amide bonds. The molecule has 0 bridgehead atoms. The predicted octanol–water partition coefficient (Wildman–Crippen LogP) is 1.29. The largest absolute Gasteiger partial charge is 0.359 e. The summed E-state index contributed by atoms with van der Waals surface area (Å²) in [6, 6.07) is 2.61. The maximum Gasteiger partial charge on any atom is 0.307 e. The second kappa shape index (κ2) is 5.72. The van der Waals surface area contributed by atoms with Crippen molar-refractivity contribution in [1.29, 1.82) is 0 Å². The zero-order valence-electron chi connectivity index (χ0n) is 11.5. The van der Waals surface area contributed by atoms with Crippen molar-refractivity contribution in [3.05, 3.63) is 41.6 Å². The molecule has 1 N–H and O–H groups in total. The molecular formula is C12H11F2N3O4S. The number of carbonyl (C=O) groups excluding carboxylic acids is 1. The Hall–Kier alpha value is -2.49. The number of amides is 1. The average Bonchev–Trinajstić information content (AvgIpc) is 2.71. The first-order valence-corrected chi connectivity index (χ1v) is 7.67. The lowest BCUT2D eigenvalue weighted by atomic mass is 10.2. The SMILES string of the molecule is Cn1cc(C(=O)Nc2ccc(F)cc2F)c(OS(C)(=O)=O)n1. The van der Waals surface area contributed by atoms with Crippen LogP contribution in [0.15, 0.2) is 24.4 Å². The molecule has 0 fully saturated rings. The van der Waals surface area contributed by atoms with E-state index in [4.69, 9.17) is 0 Å². The highest BCUT2D eigenvalue weighted by atomic mass is 32.2. The lowest BCUT2D eigenvalue weighted by molar-refractivity contribution is 0.102. The van der Waals surface area contributed by atoms with E-state index in [1.807, 2.05) is 0 Å². The number of carbonyl (C=O) groups is 1. The van der Waals surface area contributed by atoms with Gasteiger partial charge in [-0.05, 0) is 12.1 Å². The first-order chi connectivity index (χ1) is 10.2. The quantitative estimate of drug-likeness (QED) is 0.853. The molecule has 0 spiro atoms. The van der Waals surface area contributed by atoms with Crippen LogP contribution in [0, 0.1) is 11.6 Å². The minimum absolute atomic E-state index is 0.211. The van der Waals surface area contributed by atoms with E-state index >= 15 is 0 Å². The van der Waals surface area contributed by atoms with Gasteiger partial charge in [0.25, 0.3) is 11.8 Å². The molecule has 0 saturated heterocycles. The number of hydrogen-bond donors (Lipinski definition) is 1. The van der Waals surface area contributed by atoms with E-state index in [0.717, 1.165) is 23.1 Å². The molecular weight excluding hydrogens is 320 g/mol. The molecule has 2 rings (SSSR count). The molecule has 1 heterocycles. The van der Waals surface area contributed by atoms with Gasteiger partial charge in [-0.25, -0.2) is 8.78 Å². The zero-order valence-corrected chi connectivity index (χ0v) is 12.3. The number of benzene rings is 1. The lowest BCUT2D eigenvalue weighted by Gasteiger charge is -2.06. The summed E-state index contributed by atoms with van der Waals surface area (Å²) >= 11 is 0. The number of aromatic nitrogens is 2. The lowest BCUT2D eigenvalue weighted by Crippen LogP contribution is -2.15. The highest BCUT2D eigenvalue weighted by molar-refractivity contribution is 7.86. The summed E-state index contributed by atoms with van der Waals surface area (Å²) in [6.45, 7) is 0. The van der Waals surface area contributed by atoms with Gasteiger partial charge in [0.2, 0.25) is 0 Å². The maximum atomic E-state index is 13.5. The monoisotopic (exact) mass is 331 g/mol. The Bertz CT molecular complexity index is 833. The highest BCUT2D eigenvalue weighted by Gasteiger charge is 2.21. The van der Waals surface area contributed by atoms with Gasteiger partial charge in [0.1, 0.15) is 17.2 Å². The molecule has 1 aromatic carbocycles. The predicted molar refractivity (Wildman–Crippen MR) is 73.0 cm³/mol. The second-order valence-corrected chi connectivity index (χ2v) is 5.96. The molecule has 22 heavy (non-hydrogen) atoms. The molecule has 2 aromatic rings. The van der Waals surface area contributed by atoms with Crippen LogP contribution in [0.1, 0.15) is 10.4 Å². The number of halogens is 2. The first-order valence-electron chi connectivity index (χ1n) is 5.85. The Morgan fingerprint density at radius 1 is 1.36 bits per heavy atom. The molecule has 0 aliphatic rings. The normalized spacial score (nSPS) is 11.3. The van der Waals surface area contributed by atoms with E-state index in [0.29, 0.717) is 6.07 Å². The van der Waals surface area contributed by atoms with E-state index < -0.39 is 33.5 Å². The van der Waals surface area contributed by atoms with Crippen LogP contribution in [0.3, 0.4) is 0 Å². The minimum Gasteiger partial charge on any atom is -0.359 e. The topological polar surface area (TPSA) is 90.3 Å². The third-order valence-corrected chi connectivity index (χ3v) is 2.91. The Labute approximate surface area is 124 Å². The van der Waals surface area contributed by atoms with Gasteiger partial charge in [-0.1, -0.05) is 0 Å². The molecule has 0 saturated carbocycles. The Morgan fingerprint density at radius 2 is 2.05 bits per heavy atom. The maximum absolute atomic E-state index is 13.5. The van der Waals surface area contributed by atoms with E-state index in [1.165, 1.54) is 13.2 Å². The fourth-order valence-corrected chi connectivity index (χ4v) is 2.02. The molecule has 0 atom stereocenters. The molecule has 118 valence electrons. The molecule has 0 unspecified atom stereocenters. The average molecular weight is 331 g/mol. The third-order valence-electron chi connectivity index (χ3n) is 2.45. The smallest absolute Gasteiger partial charge is 0.307 e. The van der Waals surface area contributed by atoms with Crippen LogP contribution < -0.4 is 9.50 Å². The van der Waals surface area contributed by atoms with Crippen molar-refractivity contribution in [3.63, 3.8) is 0 Å². The van der Waals surface area contributed by atoms with E-state index in [9.17, 15) is 22.0 Å². The third kappa shape index (κ3) is 3.79. The van der Waals surface area contributed by atoms with Crippen molar-refractivity contribution < 1.29 is 26.2 Å². The standard InChI is InChI=1S/C12H11F2N3O4S/c1-17-6-8(12(16-17)21-22(2,19)20)11(18)15-10-4-3-7(13)5-9(10)14/h3-6H,1-2H3,(H,15,18). The van der Waals surface area contributed by atoms with Crippen LogP contribution in [0.5, 0.6) is 5.88 Å². The van der Waals surface area contributed by atoms with Gasteiger partial charge in [0.15, 0.2) is 0 Å². The number of nitrogens with one attached hydrogen (secondary N) is 1. The Morgan fingerprint density at radius 3 is 2.64 bits per heavy atom. The van der Waals surface area contributed by atoms with Crippen molar-refractivity contribution in [3.8, 4) is 5.88 Å². The number of rotatable bonds is 4. The van der Waals surface area contributed by atoms with E-state index in [-0.39, 0.29) is 11.3 Å². The fraction of sp³-hybridized carbons (Fsp3) is 0.167. The molecule has 1 aromatic heterocycles. The second-order valence-electron chi connectivity index (χ2n) is 4.39. The number of nitrogens with zero attached hydrogens (tertiary/aromatic N) is 2. The molecule has 0 aliphatic heterocycles. The number of anilines is 1. The first kappa shape index (κ1) is 15.9. The van der Waals surface area contributed by atoms with Gasteiger partial charge in [0.05, 0.1) is 11.9 Å². The van der Waals surface area contributed by atoms with Crippen molar-refractivity contribution in [2.45, 2.75) is 0 Å². The summed E-state index contributed by atoms with van der Waals surface area (Å²) in [6.07, 6.45) is 2.00. The summed E-state index contributed by atoms with van der Waals surface area (Å²) in [5, 5.41) is 5.88. The van der Waals surface area contributed by atoms with Crippen LogP contribution >= 0.6 is 0 Å². The molecule has 0 radical (unpaired) electrons. The number of hydrogen-bond acceptors (Lipinski definition) is 5. The van der Waals surface area contributed by atoms with Crippen molar-refractivity contribution in [1.82, 2.24) is 9.78 Å². The van der Waals surface area contributed by atoms with Crippen LogP contribution in [0.25, 0.3) is 0 Å². The molecule has 7 nitrogen and oxygen atoms in total. The summed E-state index contributed by atoms with van der Waals surface area (Å²) in [7, 11) is -2.44. The van der Waals surface area contributed by atoms with Gasteiger partial charge < -0.3 is 9.50 Å². The Balaban J connectivity index is 2.30. The van der Waals surface area contributed by atoms with Crippen LogP contribution in [-0.2, 0) is 17.2 Å². The van der Waals surface area contributed by atoms with Gasteiger partial charge >= 0.3 is 10.1 Å². The van der Waals surface area contributed by atoms with E-state index in [2.05, 4.69) is 14.6 Å². The van der Waals surface area contributed by atoms with Gasteiger partial charge in [0, 0.05) is 19.3 Å². The van der Waals surface area contributed by atoms with Gasteiger partial charge in [-0.2, -0.15) is 8.42 Å². The van der Waals surface area contributed by atoms with Crippen LogP contribution in [0.4, 0.5) is 14.5 Å². The minimum atomic E-state index is -3.89. The summed E-state index contributed by atoms with van der Waals surface area (Å²) < 4.78 is 54.3. The van der Waals surface area contributed by atoms with Gasteiger partial charge in [-0.3, -0.25) is 9.48 Å². The number of aryl methyl sites for hydroxylation is 1. The fourth-order valence-electron chi connectivity index (χ4n) is 1.61. The summed E-state index contributed by atoms with van der Waals surface area (Å²) in [4.78, 5) is 12.1. The van der Waals surface area contributed by atoms with Crippen molar-refractivity contribution >= 4 is 21.7 Å². The summed E-state index contributed by atoms with van der Waals surface area (Å²) in [5.74, 6) is -3.05. The van der Waals surface area contributed by atoms with Gasteiger partial charge in [-0.15, -0.1) is 5.10 Å². The zero-order chi connectivity index (χ0) is 16.5. The van der Waals surface area contributed by atoms with Crippen molar-refractivity contribution in [2.24, 2.45) is 7.05 Å². The van der Waals surface area contributed by atoms with Crippen molar-refractivity contribution in [2.75, 3.05) is 11.6 Å². The highest BCUT2D eigenvalue weighted by Crippen LogP contribution is 2.21. The molecule has 10 heteroatoms. The summed E-state index contributed by atoms with van der Waals surface area (Å²) in [5.41, 5.74) is -0.475. The van der Waals surface area contributed by atoms with Crippen LogP contribution in [-0.4, -0.2) is 30.4 Å².